The van der Waals surface area contributed by atoms with Crippen LogP contribution in [0.3, 0.4) is 0 Å². The van der Waals surface area contributed by atoms with E-state index in [0.717, 1.165) is 12.5 Å². The Hall–Kier alpha value is -0.120. The highest BCUT2D eigenvalue weighted by molar-refractivity contribution is 4.87. The van der Waals surface area contributed by atoms with Gasteiger partial charge in [-0.15, -0.1) is 0 Å². The third-order valence-electron chi connectivity index (χ3n) is 3.91. The Morgan fingerprint density at radius 2 is 1.93 bits per heavy atom. The predicted octanol–water partition coefficient (Wildman–Crippen LogP) is 0.798. The molecule has 0 radical (unpaired) electrons. The zero-order valence-electron chi connectivity index (χ0n) is 9.91. The van der Waals surface area contributed by atoms with Gasteiger partial charge in [0.25, 0.3) is 0 Å². The number of likely N-dealkylation sites (tertiary alicyclic amines) is 1. The maximum absolute atomic E-state index is 5.75. The number of nitrogens with two attached hydrogens (primary N) is 1. The summed E-state index contributed by atoms with van der Waals surface area (Å²) in [7, 11) is 0. The molecule has 1 saturated heterocycles. The summed E-state index contributed by atoms with van der Waals surface area (Å²) in [5.41, 5.74) is 5.75. The lowest BCUT2D eigenvalue weighted by Gasteiger charge is -2.35. The van der Waals surface area contributed by atoms with Crippen molar-refractivity contribution in [2.24, 2.45) is 11.7 Å². The lowest BCUT2D eigenvalue weighted by Crippen LogP contribution is -2.50. The first-order chi connectivity index (χ1) is 7.24. The molecule has 3 heteroatoms. The van der Waals surface area contributed by atoms with E-state index >= 15 is 0 Å². The van der Waals surface area contributed by atoms with Crippen molar-refractivity contribution in [3.8, 4) is 0 Å². The highest BCUT2D eigenvalue weighted by Crippen LogP contribution is 2.17. The Kier molecular flexibility index (Phi) is 4.00. The molecule has 1 aliphatic heterocycles. The predicted molar refractivity (Wildman–Crippen MR) is 63.8 cm³/mol. The summed E-state index contributed by atoms with van der Waals surface area (Å²) in [5, 5.41) is 3.59. The van der Waals surface area contributed by atoms with E-state index in [9.17, 15) is 0 Å². The minimum absolute atomic E-state index is 0.471. The molecule has 3 nitrogen and oxygen atoms in total. The quantitative estimate of drug-likeness (QED) is 0.722. The SMILES string of the molecule is CC1CCN(CCNC2CC(N)C2)CC1. The van der Waals surface area contributed by atoms with Crippen LogP contribution >= 0.6 is 0 Å². The van der Waals surface area contributed by atoms with Crippen molar-refractivity contribution < 1.29 is 0 Å². The van der Waals surface area contributed by atoms with Crippen molar-refractivity contribution in [2.75, 3.05) is 26.2 Å². The minimum Gasteiger partial charge on any atom is -0.328 e. The average molecular weight is 211 g/mol. The first kappa shape index (κ1) is 11.4. The largest absolute Gasteiger partial charge is 0.328 e. The van der Waals surface area contributed by atoms with E-state index in [4.69, 9.17) is 5.73 Å². The molecule has 3 N–H and O–H groups in total. The van der Waals surface area contributed by atoms with Gasteiger partial charge in [0, 0.05) is 25.2 Å². The zero-order chi connectivity index (χ0) is 10.7. The molecule has 2 fully saturated rings. The summed E-state index contributed by atoms with van der Waals surface area (Å²) in [4.78, 5) is 2.59. The summed E-state index contributed by atoms with van der Waals surface area (Å²) in [6, 6.07) is 1.18. The molecule has 1 saturated carbocycles. The molecular weight excluding hydrogens is 186 g/mol. The summed E-state index contributed by atoms with van der Waals surface area (Å²) in [5.74, 6) is 0.943. The van der Waals surface area contributed by atoms with E-state index in [1.807, 2.05) is 0 Å². The fourth-order valence-corrected chi connectivity index (χ4v) is 2.54. The molecule has 0 aromatic heterocycles. The van der Waals surface area contributed by atoms with Gasteiger partial charge in [-0.1, -0.05) is 6.92 Å². The van der Waals surface area contributed by atoms with Gasteiger partial charge in [0.05, 0.1) is 0 Å². The Labute approximate surface area is 93.4 Å². The fraction of sp³-hybridized carbons (Fsp3) is 1.00. The molecule has 0 aromatic carbocycles. The van der Waals surface area contributed by atoms with Crippen LogP contribution in [-0.2, 0) is 0 Å². The highest BCUT2D eigenvalue weighted by Gasteiger charge is 2.25. The molecule has 0 bridgehead atoms. The fourth-order valence-electron chi connectivity index (χ4n) is 2.54. The molecule has 0 amide bonds. The molecule has 88 valence electrons. The number of hydrogen-bond donors (Lipinski definition) is 2. The van der Waals surface area contributed by atoms with Gasteiger partial charge >= 0.3 is 0 Å². The Bertz CT molecular complexity index is 181. The summed E-state index contributed by atoms with van der Waals surface area (Å²) in [6.07, 6.45) is 5.12. The van der Waals surface area contributed by atoms with Crippen LogP contribution in [0.5, 0.6) is 0 Å². The van der Waals surface area contributed by atoms with Crippen LogP contribution in [0.1, 0.15) is 32.6 Å². The van der Waals surface area contributed by atoms with Crippen molar-refractivity contribution in [1.82, 2.24) is 10.2 Å². The van der Waals surface area contributed by atoms with E-state index in [1.165, 1.54) is 45.3 Å². The second kappa shape index (κ2) is 5.28. The average Bonchev–Trinajstić information content (AvgIpc) is 2.18. The van der Waals surface area contributed by atoms with Crippen molar-refractivity contribution in [1.29, 1.82) is 0 Å². The standard InChI is InChI=1S/C12H25N3/c1-10-2-5-15(6-3-10)7-4-14-12-8-11(13)9-12/h10-12,14H,2-9,13H2,1H3. The number of hydrogen-bond acceptors (Lipinski definition) is 3. The summed E-state index contributed by atoms with van der Waals surface area (Å²) < 4.78 is 0. The normalized spacial score (nSPS) is 34.0. The number of nitrogens with zero attached hydrogens (tertiary/aromatic N) is 1. The molecule has 0 aromatic rings. The smallest absolute Gasteiger partial charge is 0.0107 e. The molecule has 0 unspecified atom stereocenters. The number of rotatable bonds is 4. The van der Waals surface area contributed by atoms with Gasteiger partial charge in [0.15, 0.2) is 0 Å². The third kappa shape index (κ3) is 3.44. The van der Waals surface area contributed by atoms with E-state index in [1.54, 1.807) is 0 Å². The van der Waals surface area contributed by atoms with Gasteiger partial charge < -0.3 is 16.0 Å². The maximum atomic E-state index is 5.75. The highest BCUT2D eigenvalue weighted by atomic mass is 15.1. The summed E-state index contributed by atoms with van der Waals surface area (Å²) >= 11 is 0. The van der Waals surface area contributed by atoms with Crippen molar-refractivity contribution in [2.45, 2.75) is 44.7 Å². The first-order valence-corrected chi connectivity index (χ1v) is 6.45. The zero-order valence-corrected chi connectivity index (χ0v) is 9.91. The van der Waals surface area contributed by atoms with Crippen LogP contribution in [0.4, 0.5) is 0 Å². The molecule has 2 aliphatic rings. The van der Waals surface area contributed by atoms with Gasteiger partial charge in [-0.25, -0.2) is 0 Å². The molecule has 1 aliphatic carbocycles. The molecule has 2 rings (SSSR count). The molecule has 0 spiro atoms. The van der Waals surface area contributed by atoms with Crippen LogP contribution in [0.15, 0.2) is 0 Å². The third-order valence-corrected chi connectivity index (χ3v) is 3.91. The van der Waals surface area contributed by atoms with Crippen LogP contribution in [0.25, 0.3) is 0 Å². The van der Waals surface area contributed by atoms with Crippen LogP contribution < -0.4 is 11.1 Å². The van der Waals surface area contributed by atoms with Crippen molar-refractivity contribution >= 4 is 0 Å². The van der Waals surface area contributed by atoms with Gasteiger partial charge in [0.1, 0.15) is 0 Å². The van der Waals surface area contributed by atoms with Crippen LogP contribution in [-0.4, -0.2) is 43.2 Å². The van der Waals surface area contributed by atoms with Gasteiger partial charge in [-0.05, 0) is 44.7 Å². The monoisotopic (exact) mass is 211 g/mol. The molecule has 1 heterocycles. The maximum Gasteiger partial charge on any atom is 0.0107 e. The van der Waals surface area contributed by atoms with E-state index < -0.39 is 0 Å². The van der Waals surface area contributed by atoms with Gasteiger partial charge in [0.2, 0.25) is 0 Å². The van der Waals surface area contributed by atoms with Gasteiger partial charge in [-0.2, -0.15) is 0 Å². The van der Waals surface area contributed by atoms with Crippen molar-refractivity contribution in [3.63, 3.8) is 0 Å². The Balaban J connectivity index is 1.51. The van der Waals surface area contributed by atoms with Crippen LogP contribution in [0.2, 0.25) is 0 Å². The summed E-state index contributed by atoms with van der Waals surface area (Å²) in [6.45, 7) is 7.33. The lowest BCUT2D eigenvalue weighted by atomic mass is 9.88. The van der Waals surface area contributed by atoms with Gasteiger partial charge in [-0.3, -0.25) is 0 Å². The topological polar surface area (TPSA) is 41.3 Å². The number of nitrogens with one attached hydrogen (secondary N) is 1. The van der Waals surface area contributed by atoms with Crippen LogP contribution in [0, 0.1) is 5.92 Å². The Morgan fingerprint density at radius 3 is 2.53 bits per heavy atom. The Morgan fingerprint density at radius 1 is 1.27 bits per heavy atom. The number of piperidine rings is 1. The van der Waals surface area contributed by atoms with E-state index in [0.29, 0.717) is 12.1 Å². The minimum atomic E-state index is 0.471. The van der Waals surface area contributed by atoms with Crippen molar-refractivity contribution in [3.05, 3.63) is 0 Å². The first-order valence-electron chi connectivity index (χ1n) is 6.45. The molecule has 15 heavy (non-hydrogen) atoms. The molecular formula is C12H25N3. The second-order valence-corrected chi connectivity index (χ2v) is 5.41. The lowest BCUT2D eigenvalue weighted by molar-refractivity contribution is 0.185. The second-order valence-electron chi connectivity index (χ2n) is 5.41. The van der Waals surface area contributed by atoms with E-state index in [2.05, 4.69) is 17.1 Å². The molecule has 0 atom stereocenters. The van der Waals surface area contributed by atoms with E-state index in [-0.39, 0.29) is 0 Å².